The third-order valence-corrected chi connectivity index (χ3v) is 5.94. The summed E-state index contributed by atoms with van der Waals surface area (Å²) in [5.41, 5.74) is -2.00. The number of aliphatic hydroxyl groups is 2. The second-order valence-corrected chi connectivity index (χ2v) is 9.23. The minimum absolute atomic E-state index is 0.000204. The van der Waals surface area contributed by atoms with Gasteiger partial charge >= 0.3 is 5.69 Å². The predicted octanol–water partition coefficient (Wildman–Crippen LogP) is 1.10. The Bertz CT molecular complexity index is 1090. The summed E-state index contributed by atoms with van der Waals surface area (Å²) in [5, 5.41) is 26.7. The van der Waals surface area contributed by atoms with Crippen LogP contribution in [0.5, 0.6) is 0 Å². The third-order valence-electron chi connectivity index (χ3n) is 5.61. The van der Waals surface area contributed by atoms with Gasteiger partial charge in [0.05, 0.1) is 35.0 Å². The highest BCUT2D eigenvalue weighted by Crippen LogP contribution is 2.40. The summed E-state index contributed by atoms with van der Waals surface area (Å²) in [7, 11) is 0. The molecule has 1 saturated carbocycles. The van der Waals surface area contributed by atoms with E-state index in [1.54, 1.807) is 0 Å². The van der Waals surface area contributed by atoms with Crippen molar-refractivity contribution < 1.29 is 15.0 Å². The van der Waals surface area contributed by atoms with Gasteiger partial charge in [-0.2, -0.15) is 9.78 Å². The molecule has 1 aliphatic rings. The molecule has 0 bridgehead atoms. The Hall–Kier alpha value is -2.49. The molecule has 2 aromatic rings. The number of rotatable bonds is 6. The van der Waals surface area contributed by atoms with E-state index in [9.17, 15) is 19.5 Å². The molecule has 1 atom stereocenters. The molecule has 1 heterocycles. The fourth-order valence-electron chi connectivity index (χ4n) is 4.19. The molecule has 3 rings (SSSR count). The lowest BCUT2D eigenvalue weighted by atomic mass is 9.70. The number of hydrogen-bond donors (Lipinski definition) is 3. The molecule has 1 aliphatic carbocycles. The van der Waals surface area contributed by atoms with Crippen molar-refractivity contribution in [3.63, 3.8) is 0 Å². The maximum atomic E-state index is 12.8. The zero-order chi connectivity index (χ0) is 22.8. The average Bonchev–Trinajstić information content (AvgIpc) is 2.69. The van der Waals surface area contributed by atoms with Crippen molar-refractivity contribution in [3.05, 3.63) is 55.8 Å². The number of benzene rings is 1. The summed E-state index contributed by atoms with van der Waals surface area (Å²) in [6.45, 7) is 3.74. The molecule has 1 aromatic heterocycles. The molecule has 0 spiro atoms. The van der Waals surface area contributed by atoms with Gasteiger partial charge in [0.15, 0.2) is 0 Å². The number of carbonyl (C=O) groups is 1. The van der Waals surface area contributed by atoms with E-state index >= 15 is 0 Å². The van der Waals surface area contributed by atoms with Crippen LogP contribution < -0.4 is 16.6 Å². The monoisotopic (exact) mass is 450 g/mol. The molecular weight excluding hydrogens is 424 g/mol. The number of nitrogens with zero attached hydrogens (tertiary/aromatic N) is 3. The SMILES string of the molecule is CC1(C)CCCC(O)(CNC(=O)c2cc(-n3ncc(=O)n(CCO)c3=O)ccc2Cl)C1. The zero-order valence-corrected chi connectivity index (χ0v) is 18.4. The minimum Gasteiger partial charge on any atom is -0.395 e. The lowest BCUT2D eigenvalue weighted by molar-refractivity contribution is -0.0361. The van der Waals surface area contributed by atoms with Crippen molar-refractivity contribution >= 4 is 17.5 Å². The van der Waals surface area contributed by atoms with Gasteiger partial charge < -0.3 is 15.5 Å². The number of nitrogens with one attached hydrogen (secondary N) is 1. The van der Waals surface area contributed by atoms with E-state index in [0.29, 0.717) is 12.8 Å². The summed E-state index contributed by atoms with van der Waals surface area (Å²) in [6.07, 6.45) is 4.06. The number of aromatic nitrogens is 3. The lowest BCUT2D eigenvalue weighted by Gasteiger charge is -2.41. The Morgan fingerprint density at radius 3 is 2.71 bits per heavy atom. The van der Waals surface area contributed by atoms with Crippen molar-refractivity contribution in [3.8, 4) is 5.69 Å². The topological polar surface area (TPSA) is 126 Å². The molecule has 3 N–H and O–H groups in total. The van der Waals surface area contributed by atoms with Gasteiger partial charge in [-0.25, -0.2) is 4.79 Å². The molecule has 31 heavy (non-hydrogen) atoms. The average molecular weight is 451 g/mol. The van der Waals surface area contributed by atoms with Gasteiger partial charge in [-0.3, -0.25) is 14.2 Å². The summed E-state index contributed by atoms with van der Waals surface area (Å²) in [4.78, 5) is 37.2. The number of halogens is 1. The Labute approximate surface area is 184 Å². The predicted molar refractivity (Wildman–Crippen MR) is 116 cm³/mol. The van der Waals surface area contributed by atoms with Gasteiger partial charge in [0.25, 0.3) is 11.5 Å². The first-order valence-electron chi connectivity index (χ1n) is 10.2. The van der Waals surface area contributed by atoms with E-state index in [4.69, 9.17) is 16.7 Å². The summed E-state index contributed by atoms with van der Waals surface area (Å²) >= 11 is 6.21. The van der Waals surface area contributed by atoms with E-state index < -0.39 is 22.8 Å². The van der Waals surface area contributed by atoms with E-state index in [1.807, 2.05) is 0 Å². The Balaban J connectivity index is 1.85. The summed E-state index contributed by atoms with van der Waals surface area (Å²) in [6, 6.07) is 4.35. The molecule has 1 aromatic carbocycles. The van der Waals surface area contributed by atoms with Crippen LogP contribution in [-0.2, 0) is 6.54 Å². The van der Waals surface area contributed by atoms with Crippen LogP contribution in [0.4, 0.5) is 0 Å². The van der Waals surface area contributed by atoms with E-state index in [0.717, 1.165) is 28.3 Å². The highest BCUT2D eigenvalue weighted by atomic mass is 35.5. The van der Waals surface area contributed by atoms with Gasteiger partial charge in [-0.1, -0.05) is 25.4 Å². The highest BCUT2D eigenvalue weighted by molar-refractivity contribution is 6.33. The Morgan fingerprint density at radius 1 is 1.29 bits per heavy atom. The molecule has 0 aliphatic heterocycles. The third kappa shape index (κ3) is 5.23. The zero-order valence-electron chi connectivity index (χ0n) is 17.6. The van der Waals surface area contributed by atoms with Gasteiger partial charge in [0.1, 0.15) is 6.20 Å². The fraction of sp³-hybridized carbons (Fsp3) is 0.524. The van der Waals surface area contributed by atoms with Crippen LogP contribution in [0.1, 0.15) is 49.9 Å². The van der Waals surface area contributed by atoms with Crippen LogP contribution in [-0.4, -0.2) is 49.2 Å². The van der Waals surface area contributed by atoms with Crippen molar-refractivity contribution in [2.75, 3.05) is 13.2 Å². The van der Waals surface area contributed by atoms with E-state index in [-0.39, 0.29) is 41.4 Å². The van der Waals surface area contributed by atoms with Crippen LogP contribution in [0.25, 0.3) is 5.69 Å². The molecular formula is C21H27ClN4O5. The maximum absolute atomic E-state index is 12.8. The van der Waals surface area contributed by atoms with Crippen molar-refractivity contribution in [2.24, 2.45) is 5.41 Å². The first-order valence-corrected chi connectivity index (χ1v) is 10.5. The maximum Gasteiger partial charge on any atom is 0.352 e. The number of amides is 1. The molecule has 168 valence electrons. The van der Waals surface area contributed by atoms with Crippen molar-refractivity contribution in [1.29, 1.82) is 0 Å². The largest absolute Gasteiger partial charge is 0.395 e. The second kappa shape index (κ2) is 8.94. The van der Waals surface area contributed by atoms with Gasteiger partial charge in [0.2, 0.25) is 0 Å². The number of carbonyl (C=O) groups excluding carboxylic acids is 1. The molecule has 1 unspecified atom stereocenters. The minimum atomic E-state index is -0.986. The van der Waals surface area contributed by atoms with E-state index in [2.05, 4.69) is 24.3 Å². The van der Waals surface area contributed by atoms with Crippen LogP contribution >= 0.6 is 11.6 Å². The molecule has 10 heteroatoms. The second-order valence-electron chi connectivity index (χ2n) is 8.82. The fourth-order valence-corrected chi connectivity index (χ4v) is 4.39. The van der Waals surface area contributed by atoms with Crippen molar-refractivity contribution in [1.82, 2.24) is 19.7 Å². The van der Waals surface area contributed by atoms with Crippen LogP contribution in [0.3, 0.4) is 0 Å². The smallest absolute Gasteiger partial charge is 0.352 e. The normalized spacial score (nSPS) is 20.4. The molecule has 0 radical (unpaired) electrons. The van der Waals surface area contributed by atoms with E-state index in [1.165, 1.54) is 18.2 Å². The summed E-state index contributed by atoms with van der Waals surface area (Å²) < 4.78 is 1.81. The first-order chi connectivity index (χ1) is 14.6. The van der Waals surface area contributed by atoms with Crippen LogP contribution in [0, 0.1) is 5.41 Å². The number of hydrogen-bond acceptors (Lipinski definition) is 6. The molecule has 0 saturated heterocycles. The lowest BCUT2D eigenvalue weighted by Crippen LogP contribution is -2.48. The quantitative estimate of drug-likeness (QED) is 0.605. The first kappa shape index (κ1) is 23.2. The van der Waals surface area contributed by atoms with Crippen LogP contribution in [0.2, 0.25) is 5.02 Å². The molecule has 9 nitrogen and oxygen atoms in total. The molecule has 1 amide bonds. The van der Waals surface area contributed by atoms with Crippen LogP contribution in [0.15, 0.2) is 34.0 Å². The van der Waals surface area contributed by atoms with Crippen molar-refractivity contribution in [2.45, 2.75) is 51.7 Å². The highest BCUT2D eigenvalue weighted by Gasteiger charge is 2.38. The summed E-state index contributed by atoms with van der Waals surface area (Å²) in [5.74, 6) is -0.486. The molecule has 1 fully saturated rings. The van der Waals surface area contributed by atoms with Gasteiger partial charge in [-0.05, 0) is 49.3 Å². The van der Waals surface area contributed by atoms with Gasteiger partial charge in [-0.15, -0.1) is 0 Å². The Morgan fingerprint density at radius 2 is 2.03 bits per heavy atom. The number of aliphatic hydroxyl groups excluding tert-OH is 1. The Kier molecular flexibility index (Phi) is 6.68. The van der Waals surface area contributed by atoms with Gasteiger partial charge in [0, 0.05) is 6.54 Å². The standard InChI is InChI=1S/C21H27ClN4O5/c1-20(2)6-3-7-21(31,12-20)13-23-18(29)15-10-14(4-5-16(15)22)26-19(30)25(8-9-27)17(28)11-24-26/h4-5,10-11,27,31H,3,6-9,12-13H2,1-2H3,(H,23,29).